The lowest BCUT2D eigenvalue weighted by Crippen LogP contribution is -2.32. The first-order valence-corrected chi connectivity index (χ1v) is 5.93. The van der Waals surface area contributed by atoms with E-state index in [0.29, 0.717) is 18.3 Å². The van der Waals surface area contributed by atoms with Gasteiger partial charge < -0.3 is 10.2 Å². The normalized spacial score (nSPS) is 44.9. The third-order valence-corrected chi connectivity index (χ3v) is 3.76. The highest BCUT2D eigenvalue weighted by Crippen LogP contribution is 2.37. The first-order chi connectivity index (χ1) is 7.20. The van der Waals surface area contributed by atoms with Crippen LogP contribution in [-0.2, 0) is 0 Å². The predicted octanol–water partition coefficient (Wildman–Crippen LogP) is 1.89. The largest absolute Gasteiger partial charge is 0.389 e. The zero-order valence-corrected chi connectivity index (χ0v) is 9.21. The van der Waals surface area contributed by atoms with E-state index >= 15 is 0 Å². The number of aliphatic hydroxyl groups excluding tert-OH is 2. The van der Waals surface area contributed by atoms with Gasteiger partial charge in [-0.2, -0.15) is 0 Å². The molecule has 2 nitrogen and oxygen atoms in total. The van der Waals surface area contributed by atoms with Crippen LogP contribution in [0.1, 0.15) is 26.2 Å². The van der Waals surface area contributed by atoms with Gasteiger partial charge in [0.2, 0.25) is 0 Å². The minimum Gasteiger partial charge on any atom is -0.389 e. The Morgan fingerprint density at radius 2 is 1.87 bits per heavy atom. The molecule has 0 saturated carbocycles. The van der Waals surface area contributed by atoms with Gasteiger partial charge in [-0.1, -0.05) is 31.2 Å². The van der Waals surface area contributed by atoms with Gasteiger partial charge in [-0.05, 0) is 37.0 Å². The third-order valence-electron chi connectivity index (χ3n) is 3.76. The Kier molecular flexibility index (Phi) is 3.27. The number of aliphatic hydroxyl groups is 2. The molecule has 0 aromatic rings. The van der Waals surface area contributed by atoms with Gasteiger partial charge in [0.05, 0.1) is 12.2 Å². The van der Waals surface area contributed by atoms with E-state index in [1.807, 2.05) is 0 Å². The highest BCUT2D eigenvalue weighted by molar-refractivity contribution is 5.10. The summed E-state index contributed by atoms with van der Waals surface area (Å²) in [4.78, 5) is 0. The SMILES string of the molecule is CCC1C=CC(C2C[C@@H](O)C=C[C@H]2O)C1. The quantitative estimate of drug-likeness (QED) is 0.680. The maximum Gasteiger partial charge on any atom is 0.0756 e. The zero-order valence-electron chi connectivity index (χ0n) is 9.21. The topological polar surface area (TPSA) is 40.5 Å². The summed E-state index contributed by atoms with van der Waals surface area (Å²) in [6.45, 7) is 2.20. The summed E-state index contributed by atoms with van der Waals surface area (Å²) >= 11 is 0. The predicted molar refractivity (Wildman–Crippen MR) is 60.3 cm³/mol. The molecule has 0 bridgehead atoms. The number of hydrogen-bond donors (Lipinski definition) is 2. The van der Waals surface area contributed by atoms with Crippen LogP contribution in [0, 0.1) is 17.8 Å². The maximum atomic E-state index is 9.87. The van der Waals surface area contributed by atoms with E-state index in [-0.39, 0.29) is 18.1 Å². The Labute approximate surface area is 91.3 Å². The maximum absolute atomic E-state index is 9.87. The zero-order chi connectivity index (χ0) is 10.8. The van der Waals surface area contributed by atoms with Crippen LogP contribution in [-0.4, -0.2) is 22.4 Å². The lowest BCUT2D eigenvalue weighted by atomic mass is 9.79. The van der Waals surface area contributed by atoms with Crippen LogP contribution in [0.5, 0.6) is 0 Å². The minimum atomic E-state index is -0.376. The molecule has 0 amide bonds. The van der Waals surface area contributed by atoms with Crippen molar-refractivity contribution in [3.63, 3.8) is 0 Å². The standard InChI is InChI=1S/C13H20O2/c1-2-9-3-4-10(7-9)12-8-11(14)5-6-13(12)15/h3-6,9-15H,2,7-8H2,1H3/t9?,10?,11-,12?,13+/m0/s1. The highest BCUT2D eigenvalue weighted by atomic mass is 16.3. The number of allylic oxidation sites excluding steroid dienone is 2. The Morgan fingerprint density at radius 3 is 2.53 bits per heavy atom. The summed E-state index contributed by atoms with van der Waals surface area (Å²) in [7, 11) is 0. The summed E-state index contributed by atoms with van der Waals surface area (Å²) in [5.74, 6) is 1.33. The Balaban J connectivity index is 2.00. The number of hydrogen-bond acceptors (Lipinski definition) is 2. The monoisotopic (exact) mass is 208 g/mol. The highest BCUT2D eigenvalue weighted by Gasteiger charge is 2.32. The van der Waals surface area contributed by atoms with Crippen molar-refractivity contribution in [2.24, 2.45) is 17.8 Å². The van der Waals surface area contributed by atoms with Crippen molar-refractivity contribution in [2.45, 2.75) is 38.4 Å². The van der Waals surface area contributed by atoms with Gasteiger partial charge >= 0.3 is 0 Å². The van der Waals surface area contributed by atoms with E-state index in [1.165, 1.54) is 6.42 Å². The summed E-state index contributed by atoms with van der Waals surface area (Å²) in [5, 5.41) is 19.4. The summed E-state index contributed by atoms with van der Waals surface area (Å²) in [6, 6.07) is 0. The van der Waals surface area contributed by atoms with E-state index in [1.54, 1.807) is 12.2 Å². The molecule has 0 fully saturated rings. The van der Waals surface area contributed by atoms with Gasteiger partial charge in [0, 0.05) is 0 Å². The van der Waals surface area contributed by atoms with Gasteiger partial charge in [0.1, 0.15) is 0 Å². The van der Waals surface area contributed by atoms with Crippen LogP contribution in [0.25, 0.3) is 0 Å². The Morgan fingerprint density at radius 1 is 1.07 bits per heavy atom. The van der Waals surface area contributed by atoms with Gasteiger partial charge in [-0.25, -0.2) is 0 Å². The molecule has 2 heteroatoms. The molecule has 0 aromatic carbocycles. The van der Waals surface area contributed by atoms with Gasteiger partial charge in [0.25, 0.3) is 0 Å². The molecule has 2 aliphatic rings. The van der Waals surface area contributed by atoms with E-state index in [0.717, 1.165) is 6.42 Å². The second-order valence-corrected chi connectivity index (χ2v) is 4.80. The fourth-order valence-corrected chi connectivity index (χ4v) is 2.74. The number of rotatable bonds is 2. The van der Waals surface area contributed by atoms with E-state index < -0.39 is 0 Å². The molecule has 0 aliphatic heterocycles. The molecule has 2 N–H and O–H groups in total. The molecule has 5 atom stereocenters. The van der Waals surface area contributed by atoms with E-state index in [2.05, 4.69) is 19.1 Å². The first-order valence-electron chi connectivity index (χ1n) is 5.93. The second-order valence-electron chi connectivity index (χ2n) is 4.80. The van der Waals surface area contributed by atoms with Crippen LogP contribution in [0.3, 0.4) is 0 Å². The molecule has 3 unspecified atom stereocenters. The Bertz CT molecular complexity index is 270. The lowest BCUT2D eigenvalue weighted by Gasteiger charge is -2.31. The van der Waals surface area contributed by atoms with Crippen molar-refractivity contribution in [3.8, 4) is 0 Å². The summed E-state index contributed by atoms with van der Waals surface area (Å²) in [5.41, 5.74) is 0. The average Bonchev–Trinajstić information content (AvgIpc) is 2.70. The van der Waals surface area contributed by atoms with E-state index in [9.17, 15) is 10.2 Å². The van der Waals surface area contributed by atoms with Crippen LogP contribution in [0.4, 0.5) is 0 Å². The molecule has 0 heterocycles. The van der Waals surface area contributed by atoms with Gasteiger partial charge in [0.15, 0.2) is 0 Å². The van der Waals surface area contributed by atoms with Crippen LogP contribution in [0.15, 0.2) is 24.3 Å². The van der Waals surface area contributed by atoms with Crippen molar-refractivity contribution >= 4 is 0 Å². The van der Waals surface area contributed by atoms with Crippen molar-refractivity contribution in [1.29, 1.82) is 0 Å². The summed E-state index contributed by atoms with van der Waals surface area (Å²) < 4.78 is 0. The fraction of sp³-hybridized carbons (Fsp3) is 0.692. The lowest BCUT2D eigenvalue weighted by molar-refractivity contribution is 0.0669. The van der Waals surface area contributed by atoms with Crippen LogP contribution in [0.2, 0.25) is 0 Å². The van der Waals surface area contributed by atoms with E-state index in [4.69, 9.17) is 0 Å². The van der Waals surface area contributed by atoms with Crippen molar-refractivity contribution < 1.29 is 10.2 Å². The summed E-state index contributed by atoms with van der Waals surface area (Å²) in [6.07, 6.45) is 10.2. The molecular formula is C13H20O2. The molecule has 0 saturated heterocycles. The van der Waals surface area contributed by atoms with Gasteiger partial charge in [-0.15, -0.1) is 0 Å². The third kappa shape index (κ3) is 2.32. The van der Waals surface area contributed by atoms with Crippen LogP contribution < -0.4 is 0 Å². The smallest absolute Gasteiger partial charge is 0.0756 e. The molecule has 15 heavy (non-hydrogen) atoms. The molecule has 2 rings (SSSR count). The molecule has 84 valence electrons. The van der Waals surface area contributed by atoms with Gasteiger partial charge in [-0.3, -0.25) is 0 Å². The molecule has 0 spiro atoms. The molecular weight excluding hydrogens is 188 g/mol. The minimum absolute atomic E-state index is 0.206. The van der Waals surface area contributed by atoms with Crippen molar-refractivity contribution in [3.05, 3.63) is 24.3 Å². The van der Waals surface area contributed by atoms with Crippen LogP contribution >= 0.6 is 0 Å². The van der Waals surface area contributed by atoms with Crippen molar-refractivity contribution in [2.75, 3.05) is 0 Å². The molecule has 0 aromatic heterocycles. The van der Waals surface area contributed by atoms with Crippen molar-refractivity contribution in [1.82, 2.24) is 0 Å². The first kappa shape index (κ1) is 10.9. The fourth-order valence-electron chi connectivity index (χ4n) is 2.74. The Hall–Kier alpha value is -0.600. The second kappa shape index (κ2) is 4.50. The molecule has 2 aliphatic carbocycles. The molecule has 0 radical (unpaired) electrons. The average molecular weight is 208 g/mol.